The molecule has 206 valence electrons. The molecule has 0 spiro atoms. The Morgan fingerprint density at radius 3 is 2.22 bits per heavy atom. The van der Waals surface area contributed by atoms with Gasteiger partial charge in [-0.25, -0.2) is 14.2 Å². The number of benzene rings is 1. The number of halogens is 5. The minimum Gasteiger partial charge on any atom is -0.444 e. The summed E-state index contributed by atoms with van der Waals surface area (Å²) in [6, 6.07) is 4.82. The van der Waals surface area contributed by atoms with E-state index in [-0.39, 0.29) is 22.3 Å². The first-order valence-electron chi connectivity index (χ1n) is 11.7. The number of aromatic nitrogens is 1. The number of pyridine rings is 1. The molecular formula is C26H34ClF4N3O3. The molecular weight excluding hydrogens is 514 g/mol. The molecule has 1 unspecified atom stereocenters. The van der Waals surface area contributed by atoms with Crippen LogP contribution in [-0.2, 0) is 15.9 Å². The highest BCUT2D eigenvalue weighted by Crippen LogP contribution is 2.41. The van der Waals surface area contributed by atoms with Crippen LogP contribution in [0, 0.1) is 12.7 Å². The maximum atomic E-state index is 14.4. The Kier molecular flexibility index (Phi) is 8.94. The third-order valence-corrected chi connectivity index (χ3v) is 5.86. The highest BCUT2D eigenvalue weighted by Gasteiger charge is 2.57. The fraction of sp³-hybridized carbons (Fsp3) is 0.538. The van der Waals surface area contributed by atoms with Gasteiger partial charge in [-0.2, -0.15) is 13.2 Å². The molecule has 0 radical (unpaired) electrons. The van der Waals surface area contributed by atoms with Crippen molar-refractivity contribution in [3.63, 3.8) is 0 Å². The van der Waals surface area contributed by atoms with Crippen molar-refractivity contribution in [1.82, 2.24) is 15.6 Å². The van der Waals surface area contributed by atoms with Crippen LogP contribution in [0.1, 0.15) is 65.3 Å². The lowest BCUT2D eigenvalue weighted by Crippen LogP contribution is -2.52. The molecule has 0 aliphatic heterocycles. The van der Waals surface area contributed by atoms with Gasteiger partial charge in [-0.3, -0.25) is 0 Å². The van der Waals surface area contributed by atoms with Gasteiger partial charge in [-0.1, -0.05) is 25.4 Å². The summed E-state index contributed by atoms with van der Waals surface area (Å²) in [5, 5.41) is 16.1. The van der Waals surface area contributed by atoms with E-state index < -0.39 is 47.1 Å². The number of carbonyl (C=O) groups excluding carboxylic acids is 1. The molecule has 0 saturated heterocycles. The van der Waals surface area contributed by atoms with Crippen LogP contribution in [0.4, 0.5) is 22.4 Å². The molecule has 1 atom stereocenters. The summed E-state index contributed by atoms with van der Waals surface area (Å²) in [6.45, 7) is 12.4. The molecule has 1 aromatic heterocycles. The molecule has 3 N–H and O–H groups in total. The van der Waals surface area contributed by atoms with Crippen molar-refractivity contribution in [3.8, 4) is 11.3 Å². The molecule has 1 amide bonds. The van der Waals surface area contributed by atoms with Crippen molar-refractivity contribution in [2.75, 3.05) is 6.54 Å². The minimum absolute atomic E-state index is 0.0370. The first-order valence-corrected chi connectivity index (χ1v) is 12.1. The van der Waals surface area contributed by atoms with Crippen LogP contribution in [0.2, 0.25) is 5.02 Å². The largest absolute Gasteiger partial charge is 0.444 e. The van der Waals surface area contributed by atoms with E-state index in [1.807, 2.05) is 19.2 Å². The number of nitrogens with zero attached hydrogens (tertiary/aromatic N) is 1. The molecule has 2 rings (SSSR count). The lowest BCUT2D eigenvalue weighted by atomic mass is 9.85. The van der Waals surface area contributed by atoms with E-state index >= 15 is 0 Å². The van der Waals surface area contributed by atoms with Gasteiger partial charge in [0.15, 0.2) is 0 Å². The van der Waals surface area contributed by atoms with E-state index in [1.54, 1.807) is 41.5 Å². The average Bonchev–Trinajstić information content (AvgIpc) is 2.71. The smallest absolute Gasteiger partial charge is 0.424 e. The van der Waals surface area contributed by atoms with Crippen LogP contribution < -0.4 is 10.6 Å². The number of ether oxygens (including phenoxy) is 1. The number of aliphatic hydroxyl groups is 1. The van der Waals surface area contributed by atoms with Gasteiger partial charge in [-0.05, 0) is 76.9 Å². The highest BCUT2D eigenvalue weighted by molar-refractivity contribution is 6.31. The number of carbonyl (C=O) groups is 1. The van der Waals surface area contributed by atoms with E-state index in [9.17, 15) is 27.5 Å². The van der Waals surface area contributed by atoms with Gasteiger partial charge in [0.2, 0.25) is 5.60 Å². The lowest BCUT2D eigenvalue weighted by molar-refractivity contribution is -0.265. The van der Waals surface area contributed by atoms with Crippen molar-refractivity contribution in [2.45, 2.75) is 84.3 Å². The van der Waals surface area contributed by atoms with Gasteiger partial charge >= 0.3 is 12.3 Å². The zero-order valence-electron chi connectivity index (χ0n) is 22.2. The molecule has 0 aliphatic carbocycles. The third kappa shape index (κ3) is 7.33. The van der Waals surface area contributed by atoms with Crippen LogP contribution in [-0.4, -0.2) is 40.5 Å². The molecule has 0 bridgehead atoms. The van der Waals surface area contributed by atoms with Crippen LogP contribution in [0.5, 0.6) is 0 Å². The summed E-state index contributed by atoms with van der Waals surface area (Å²) in [5.74, 6) is -0.699. The quantitative estimate of drug-likeness (QED) is 0.351. The Morgan fingerprint density at radius 1 is 1.14 bits per heavy atom. The van der Waals surface area contributed by atoms with Gasteiger partial charge < -0.3 is 20.5 Å². The zero-order valence-corrected chi connectivity index (χ0v) is 23.0. The molecule has 37 heavy (non-hydrogen) atoms. The molecule has 1 heterocycles. The van der Waals surface area contributed by atoms with Crippen LogP contribution in [0.3, 0.4) is 0 Å². The summed E-state index contributed by atoms with van der Waals surface area (Å²) in [6.07, 6.45) is -6.36. The molecule has 0 fully saturated rings. The second kappa shape index (κ2) is 10.7. The number of nitrogens with one attached hydrogen (secondary N) is 2. The Morgan fingerprint density at radius 2 is 1.73 bits per heavy atom. The molecule has 0 saturated carbocycles. The fourth-order valence-electron chi connectivity index (χ4n) is 4.04. The van der Waals surface area contributed by atoms with Gasteiger partial charge in [0.05, 0.1) is 23.0 Å². The predicted molar refractivity (Wildman–Crippen MR) is 135 cm³/mol. The summed E-state index contributed by atoms with van der Waals surface area (Å²) >= 11 is 5.95. The molecule has 0 aliphatic rings. The summed E-state index contributed by atoms with van der Waals surface area (Å²) < 4.78 is 62.1. The fourth-order valence-corrected chi connectivity index (χ4v) is 4.22. The van der Waals surface area contributed by atoms with E-state index in [0.29, 0.717) is 11.1 Å². The second-order valence-corrected chi connectivity index (χ2v) is 11.2. The maximum absolute atomic E-state index is 14.4. The highest BCUT2D eigenvalue weighted by atomic mass is 35.5. The van der Waals surface area contributed by atoms with E-state index in [4.69, 9.17) is 16.3 Å². The van der Waals surface area contributed by atoms with Crippen LogP contribution in [0.15, 0.2) is 24.3 Å². The Bertz CT molecular complexity index is 1150. The summed E-state index contributed by atoms with van der Waals surface area (Å²) in [5.41, 5.74) is -4.87. The third-order valence-electron chi connectivity index (χ3n) is 5.57. The Hall–Kier alpha value is -2.43. The molecule has 11 heteroatoms. The lowest BCUT2D eigenvalue weighted by Gasteiger charge is -2.35. The van der Waals surface area contributed by atoms with Crippen LogP contribution in [0.25, 0.3) is 11.3 Å². The molecule has 1 aromatic carbocycles. The average molecular weight is 548 g/mol. The number of hydrogen-bond donors (Lipinski definition) is 3. The second-order valence-electron chi connectivity index (χ2n) is 10.8. The van der Waals surface area contributed by atoms with Crippen molar-refractivity contribution in [1.29, 1.82) is 0 Å². The Labute approximate surface area is 219 Å². The van der Waals surface area contributed by atoms with Crippen molar-refractivity contribution in [2.24, 2.45) is 0 Å². The number of hydrogen-bond acceptors (Lipinski definition) is 5. The van der Waals surface area contributed by atoms with Crippen molar-refractivity contribution in [3.05, 3.63) is 51.9 Å². The maximum Gasteiger partial charge on any atom is 0.424 e. The van der Waals surface area contributed by atoms with Gasteiger partial charge in [0, 0.05) is 17.1 Å². The predicted octanol–water partition coefficient (Wildman–Crippen LogP) is 6.36. The van der Waals surface area contributed by atoms with Gasteiger partial charge in [-0.15, -0.1) is 0 Å². The summed E-state index contributed by atoms with van der Waals surface area (Å²) in [4.78, 5) is 16.3. The van der Waals surface area contributed by atoms with E-state index in [2.05, 4.69) is 10.3 Å². The standard InChI is InChI=1S/C26H34ClF4N3O3/c1-14(2)34-24(7,8)17-12-20(33-21(15(17)3)16-9-10-19(28)18(27)11-16)25(36,26(29,30)31)13-32-22(35)37-23(4,5)6/h9-12,14,34,36H,13H2,1-8H3,(H,32,35). The van der Waals surface area contributed by atoms with Gasteiger partial charge in [0.25, 0.3) is 0 Å². The summed E-state index contributed by atoms with van der Waals surface area (Å²) in [7, 11) is 0. The van der Waals surface area contributed by atoms with Gasteiger partial charge in [0.1, 0.15) is 11.4 Å². The molecule has 6 nitrogen and oxygen atoms in total. The monoisotopic (exact) mass is 547 g/mol. The minimum atomic E-state index is -5.23. The Balaban J connectivity index is 2.78. The van der Waals surface area contributed by atoms with Crippen molar-refractivity contribution < 1.29 is 32.2 Å². The SMILES string of the molecule is Cc1c(C(C)(C)NC(C)C)cc(C(O)(CNC(=O)OC(C)(C)C)C(F)(F)F)nc1-c1ccc(F)c(Cl)c1. The number of amides is 1. The number of alkyl carbamates (subject to hydrolysis) is 1. The normalized spacial score (nSPS) is 14.5. The number of alkyl halides is 3. The topological polar surface area (TPSA) is 83.5 Å². The zero-order chi connectivity index (χ0) is 28.6. The van der Waals surface area contributed by atoms with Crippen molar-refractivity contribution >= 4 is 17.7 Å². The van der Waals surface area contributed by atoms with E-state index in [0.717, 1.165) is 6.07 Å². The first kappa shape index (κ1) is 30.8. The van der Waals surface area contributed by atoms with Crippen LogP contribution >= 0.6 is 11.6 Å². The number of rotatable bonds is 7. The first-order chi connectivity index (χ1) is 16.7. The van der Waals surface area contributed by atoms with E-state index in [1.165, 1.54) is 18.2 Å². The molecule has 2 aromatic rings.